The molecule has 0 spiro atoms. The predicted octanol–water partition coefficient (Wildman–Crippen LogP) is 2.53. The summed E-state index contributed by atoms with van der Waals surface area (Å²) < 4.78 is 6.86. The van der Waals surface area contributed by atoms with Crippen molar-refractivity contribution in [1.29, 1.82) is 0 Å². The molecule has 0 aliphatic heterocycles. The molecule has 0 saturated heterocycles. The number of likely N-dealkylation sites (N-methyl/N-ethyl adjacent to an activating group) is 1. The molecule has 0 aliphatic carbocycles. The second-order valence-corrected chi connectivity index (χ2v) is 7.22. The van der Waals surface area contributed by atoms with E-state index in [1.807, 2.05) is 31.1 Å². The van der Waals surface area contributed by atoms with Crippen LogP contribution >= 0.6 is 0 Å². The monoisotopic (exact) mass is 418 g/mol. The van der Waals surface area contributed by atoms with Crippen molar-refractivity contribution in [3.8, 4) is 11.3 Å². The predicted molar refractivity (Wildman–Crippen MR) is 116 cm³/mol. The first kappa shape index (κ1) is 20.3. The third-order valence-electron chi connectivity index (χ3n) is 4.65. The Kier molecular flexibility index (Phi) is 5.76. The zero-order valence-electron chi connectivity index (χ0n) is 17.2. The first-order chi connectivity index (χ1) is 15.0. The molecule has 0 atom stereocenters. The van der Waals surface area contributed by atoms with Gasteiger partial charge < -0.3 is 20.0 Å². The Bertz CT molecular complexity index is 1210. The molecule has 1 aromatic carbocycles. The summed E-state index contributed by atoms with van der Waals surface area (Å²) in [5.41, 5.74) is 2.55. The van der Waals surface area contributed by atoms with Crippen molar-refractivity contribution in [2.45, 2.75) is 0 Å². The Labute approximate surface area is 178 Å². The topological polar surface area (TPSA) is 105 Å². The number of aromatic nitrogens is 3. The lowest BCUT2D eigenvalue weighted by molar-refractivity contribution is 0.0949. The van der Waals surface area contributed by atoms with Gasteiger partial charge in [0.2, 0.25) is 0 Å². The molecule has 4 aromatic rings. The molecule has 158 valence electrons. The molecule has 9 heteroatoms. The fourth-order valence-corrected chi connectivity index (χ4v) is 3.03. The number of carbonyl (C=O) groups excluding carboxylic acids is 2. The summed E-state index contributed by atoms with van der Waals surface area (Å²) in [6, 6.07) is 10.5. The second-order valence-electron chi connectivity index (χ2n) is 7.22. The van der Waals surface area contributed by atoms with Gasteiger partial charge in [0.25, 0.3) is 11.8 Å². The number of anilines is 1. The number of nitrogens with zero attached hydrogens (tertiary/aromatic N) is 4. The number of nitrogens with one attached hydrogen (secondary N) is 2. The van der Waals surface area contributed by atoms with Crippen LogP contribution in [0.1, 0.15) is 20.9 Å². The minimum Gasteiger partial charge on any atom is -0.459 e. The van der Waals surface area contributed by atoms with Crippen molar-refractivity contribution in [2.24, 2.45) is 0 Å². The normalized spacial score (nSPS) is 11.1. The zero-order valence-corrected chi connectivity index (χ0v) is 17.2. The molecule has 2 amide bonds. The van der Waals surface area contributed by atoms with E-state index in [-0.39, 0.29) is 17.6 Å². The van der Waals surface area contributed by atoms with Gasteiger partial charge in [-0.15, -0.1) is 0 Å². The number of imidazole rings is 1. The van der Waals surface area contributed by atoms with Crippen LogP contribution in [0, 0.1) is 0 Å². The molecule has 31 heavy (non-hydrogen) atoms. The molecule has 0 aliphatic rings. The number of carbonyl (C=O) groups is 2. The van der Waals surface area contributed by atoms with Gasteiger partial charge >= 0.3 is 0 Å². The van der Waals surface area contributed by atoms with Gasteiger partial charge in [-0.3, -0.25) is 19.0 Å². The number of hydrogen-bond acceptors (Lipinski definition) is 6. The summed E-state index contributed by atoms with van der Waals surface area (Å²) in [6.07, 6.45) is 6.37. The van der Waals surface area contributed by atoms with E-state index in [9.17, 15) is 9.59 Å². The van der Waals surface area contributed by atoms with Gasteiger partial charge in [0.05, 0.1) is 24.4 Å². The van der Waals surface area contributed by atoms with Crippen molar-refractivity contribution in [3.05, 3.63) is 72.6 Å². The maximum atomic E-state index is 12.4. The van der Waals surface area contributed by atoms with Gasteiger partial charge in [-0.2, -0.15) is 0 Å². The fraction of sp³-hybridized carbons (Fsp3) is 0.182. The Morgan fingerprint density at radius 3 is 2.74 bits per heavy atom. The molecule has 3 heterocycles. The summed E-state index contributed by atoms with van der Waals surface area (Å²) in [6.45, 7) is 1.32. The smallest absolute Gasteiger partial charge is 0.292 e. The van der Waals surface area contributed by atoms with Crippen LogP contribution in [-0.2, 0) is 0 Å². The highest BCUT2D eigenvalue weighted by molar-refractivity contribution is 6.01. The molecule has 4 rings (SSSR count). The first-order valence-corrected chi connectivity index (χ1v) is 9.72. The summed E-state index contributed by atoms with van der Waals surface area (Å²) in [5.74, 6) is 0.176. The highest BCUT2D eigenvalue weighted by atomic mass is 16.3. The quantitative estimate of drug-likeness (QED) is 0.478. The highest BCUT2D eigenvalue weighted by Crippen LogP contribution is 2.21. The van der Waals surface area contributed by atoms with Crippen molar-refractivity contribution in [2.75, 3.05) is 32.5 Å². The lowest BCUT2D eigenvalue weighted by Crippen LogP contribution is -2.31. The Balaban J connectivity index is 1.57. The van der Waals surface area contributed by atoms with E-state index in [0.29, 0.717) is 29.3 Å². The molecular formula is C22H22N6O3. The van der Waals surface area contributed by atoms with Crippen molar-refractivity contribution < 1.29 is 14.0 Å². The molecule has 9 nitrogen and oxygen atoms in total. The van der Waals surface area contributed by atoms with E-state index in [1.165, 1.54) is 6.26 Å². The number of furan rings is 1. The molecule has 3 aromatic heterocycles. The maximum absolute atomic E-state index is 12.4. The van der Waals surface area contributed by atoms with Gasteiger partial charge in [0.1, 0.15) is 5.82 Å². The number of fused-ring (bicyclic) bond motifs is 1. The van der Waals surface area contributed by atoms with E-state index >= 15 is 0 Å². The van der Waals surface area contributed by atoms with E-state index < -0.39 is 0 Å². The lowest BCUT2D eigenvalue weighted by atomic mass is 10.1. The number of benzene rings is 1. The lowest BCUT2D eigenvalue weighted by Gasteiger charge is -2.11. The minimum absolute atomic E-state index is 0.140. The summed E-state index contributed by atoms with van der Waals surface area (Å²) >= 11 is 0. The number of rotatable bonds is 7. The first-order valence-electron chi connectivity index (χ1n) is 9.72. The largest absolute Gasteiger partial charge is 0.459 e. The molecule has 0 bridgehead atoms. The number of hydrogen-bond donors (Lipinski definition) is 2. The maximum Gasteiger partial charge on any atom is 0.292 e. The van der Waals surface area contributed by atoms with E-state index in [4.69, 9.17) is 4.42 Å². The average Bonchev–Trinajstić information content (AvgIpc) is 3.44. The van der Waals surface area contributed by atoms with Crippen LogP contribution in [0.5, 0.6) is 0 Å². The Morgan fingerprint density at radius 1 is 1.10 bits per heavy atom. The second kappa shape index (κ2) is 8.80. The molecule has 0 radical (unpaired) electrons. The van der Waals surface area contributed by atoms with Crippen LogP contribution in [-0.4, -0.2) is 58.3 Å². The van der Waals surface area contributed by atoms with Crippen LogP contribution in [0.4, 0.5) is 5.82 Å². The zero-order chi connectivity index (χ0) is 21.8. The van der Waals surface area contributed by atoms with E-state index in [2.05, 4.69) is 20.6 Å². The van der Waals surface area contributed by atoms with E-state index in [0.717, 1.165) is 12.1 Å². The molecular weight excluding hydrogens is 396 g/mol. The van der Waals surface area contributed by atoms with Gasteiger partial charge in [-0.1, -0.05) is 12.1 Å². The van der Waals surface area contributed by atoms with Crippen molar-refractivity contribution >= 4 is 23.3 Å². The van der Waals surface area contributed by atoms with Crippen LogP contribution in [0.2, 0.25) is 0 Å². The third-order valence-corrected chi connectivity index (χ3v) is 4.65. The van der Waals surface area contributed by atoms with Gasteiger partial charge in [0.15, 0.2) is 11.4 Å². The number of amides is 2. The van der Waals surface area contributed by atoms with Crippen LogP contribution in [0.3, 0.4) is 0 Å². The van der Waals surface area contributed by atoms with Crippen molar-refractivity contribution in [1.82, 2.24) is 24.6 Å². The third kappa shape index (κ3) is 4.62. The summed E-state index contributed by atoms with van der Waals surface area (Å²) in [4.78, 5) is 35.5. The average molecular weight is 418 g/mol. The Hall–Kier alpha value is -3.98. The highest BCUT2D eigenvalue weighted by Gasteiger charge is 2.13. The molecule has 0 saturated carbocycles. The van der Waals surface area contributed by atoms with Gasteiger partial charge in [-0.05, 0) is 38.4 Å². The van der Waals surface area contributed by atoms with Gasteiger partial charge in [-0.25, -0.2) is 4.98 Å². The SMILES string of the molecule is CN(C)CCNC(=O)c1cccc(-c2cn3c(NC(=O)c4ccco4)cnc3cn2)c1. The van der Waals surface area contributed by atoms with Crippen molar-refractivity contribution in [3.63, 3.8) is 0 Å². The summed E-state index contributed by atoms with van der Waals surface area (Å²) in [5, 5.41) is 5.69. The standard InChI is InChI=1S/C22H22N6O3/c1-27(2)9-8-23-21(29)16-6-3-5-15(11-16)17-14-28-19(12-24-17)25-13-20(28)26-22(30)18-7-4-10-31-18/h3-7,10-14H,8-9H2,1-2H3,(H,23,29)(H,26,30). The molecule has 0 fully saturated rings. The summed E-state index contributed by atoms with van der Waals surface area (Å²) in [7, 11) is 3.91. The van der Waals surface area contributed by atoms with Gasteiger partial charge in [0, 0.05) is 30.4 Å². The Morgan fingerprint density at radius 2 is 1.97 bits per heavy atom. The van der Waals surface area contributed by atoms with E-state index in [1.54, 1.807) is 47.3 Å². The van der Waals surface area contributed by atoms with Crippen LogP contribution in [0.25, 0.3) is 16.9 Å². The fourth-order valence-electron chi connectivity index (χ4n) is 3.03. The molecule has 0 unspecified atom stereocenters. The minimum atomic E-state index is -0.374. The van der Waals surface area contributed by atoms with Crippen LogP contribution in [0.15, 0.2) is 65.7 Å². The molecule has 2 N–H and O–H groups in total. The van der Waals surface area contributed by atoms with Crippen LogP contribution < -0.4 is 10.6 Å².